The lowest BCUT2D eigenvalue weighted by Crippen LogP contribution is -2.45. The van der Waals surface area contributed by atoms with E-state index in [1.165, 1.54) is 27.2 Å². The van der Waals surface area contributed by atoms with Gasteiger partial charge in [-0.2, -0.15) is 0 Å². The van der Waals surface area contributed by atoms with Gasteiger partial charge in [-0.15, -0.1) is 0 Å². The molecular weight excluding hydrogens is 783 g/mol. The van der Waals surface area contributed by atoms with Crippen LogP contribution >= 0.6 is 0 Å². The molecule has 14 nitrogen and oxygen atoms in total. The fourth-order valence-electron chi connectivity index (χ4n) is 8.14. The molecule has 6 bridgehead atoms. The Labute approximate surface area is 356 Å². The van der Waals surface area contributed by atoms with Gasteiger partial charge in [0, 0.05) is 57.1 Å². The number of hydrogen-bond donors (Lipinski definition) is 1. The topological polar surface area (TPSA) is 165 Å². The van der Waals surface area contributed by atoms with E-state index in [-0.39, 0.29) is 56.8 Å². The minimum Gasteiger partial charge on any atom is -0.485 e. The minimum absolute atomic E-state index is 0.0157. The number of nitrogens with zero attached hydrogens (tertiary/aromatic N) is 2. The fourth-order valence-corrected chi connectivity index (χ4v) is 8.14. The number of anilines is 1. The summed E-state index contributed by atoms with van der Waals surface area (Å²) in [6.07, 6.45) is 7.32. The molecule has 0 saturated heterocycles. The molecular formula is C47H57N3O11. The van der Waals surface area contributed by atoms with Gasteiger partial charge in [0.15, 0.2) is 11.3 Å². The van der Waals surface area contributed by atoms with E-state index in [0.29, 0.717) is 28.7 Å². The van der Waals surface area contributed by atoms with Gasteiger partial charge in [-0.1, -0.05) is 51.1 Å². The summed E-state index contributed by atoms with van der Waals surface area (Å²) in [5, 5.41) is 2.92. The predicted molar refractivity (Wildman–Crippen MR) is 232 cm³/mol. The van der Waals surface area contributed by atoms with Crippen molar-refractivity contribution in [3.05, 3.63) is 81.8 Å². The van der Waals surface area contributed by atoms with E-state index >= 15 is 4.79 Å². The molecule has 7 atom stereocenters. The summed E-state index contributed by atoms with van der Waals surface area (Å²) >= 11 is 0. The molecule has 3 unspecified atom stereocenters. The third-order valence-corrected chi connectivity index (χ3v) is 11.4. The van der Waals surface area contributed by atoms with Crippen LogP contribution in [0.2, 0.25) is 0 Å². The maximum Gasteiger partial charge on any atom is 0.312 e. The summed E-state index contributed by atoms with van der Waals surface area (Å²) in [7, 11) is 7.29. The van der Waals surface area contributed by atoms with Crippen molar-refractivity contribution in [1.29, 1.82) is 0 Å². The zero-order valence-electron chi connectivity index (χ0n) is 36.9. The van der Waals surface area contributed by atoms with E-state index < -0.39 is 53.1 Å². The second kappa shape index (κ2) is 18.6. The lowest BCUT2D eigenvalue weighted by molar-refractivity contribution is -0.159. The molecule has 0 spiro atoms. The molecule has 1 aliphatic carbocycles. The number of ketones is 1. The van der Waals surface area contributed by atoms with Crippen molar-refractivity contribution in [2.45, 2.75) is 85.4 Å². The number of likely N-dealkylation sites (N-methyl/N-ethyl adjacent to an activating group) is 1. The smallest absolute Gasteiger partial charge is 0.312 e. The van der Waals surface area contributed by atoms with Gasteiger partial charge in [0.25, 0.3) is 11.7 Å². The highest BCUT2D eigenvalue weighted by atomic mass is 16.7. The lowest BCUT2D eigenvalue weighted by atomic mass is 9.85. The average molecular weight is 840 g/mol. The van der Waals surface area contributed by atoms with Crippen molar-refractivity contribution in [2.75, 3.05) is 46.8 Å². The normalized spacial score (nSPS) is 27.2. The van der Waals surface area contributed by atoms with Crippen molar-refractivity contribution in [2.24, 2.45) is 17.8 Å². The molecule has 7 rings (SSSR count). The zero-order valence-corrected chi connectivity index (χ0v) is 36.9. The van der Waals surface area contributed by atoms with Gasteiger partial charge in [-0.05, 0) is 70.8 Å². The molecule has 2 aromatic rings. The number of carbonyl (C=O) groups excluding carboxylic acids is 3. The molecule has 0 aromatic heterocycles. The molecule has 0 saturated carbocycles. The molecule has 1 N–H and O–H groups in total. The molecule has 1 amide bonds. The Morgan fingerprint density at radius 2 is 1.75 bits per heavy atom. The predicted octanol–water partition coefficient (Wildman–Crippen LogP) is 7.62. The molecule has 326 valence electrons. The van der Waals surface area contributed by atoms with Crippen LogP contribution in [0.15, 0.2) is 69.6 Å². The van der Waals surface area contributed by atoms with Gasteiger partial charge >= 0.3 is 11.8 Å². The summed E-state index contributed by atoms with van der Waals surface area (Å²) in [5.74, 6) is -3.63. The van der Waals surface area contributed by atoms with E-state index in [4.69, 9.17) is 37.8 Å². The number of rotatable bonds is 5. The highest BCUT2D eigenvalue weighted by Gasteiger charge is 2.51. The first-order valence-electron chi connectivity index (χ1n) is 20.6. The Morgan fingerprint density at radius 3 is 2.43 bits per heavy atom. The van der Waals surface area contributed by atoms with Crippen molar-refractivity contribution in [3.8, 4) is 23.0 Å². The summed E-state index contributed by atoms with van der Waals surface area (Å²) in [6.45, 7) is 14.1. The van der Waals surface area contributed by atoms with Gasteiger partial charge in [0.05, 0.1) is 29.9 Å². The van der Waals surface area contributed by atoms with Crippen molar-refractivity contribution in [1.82, 2.24) is 9.88 Å². The van der Waals surface area contributed by atoms with Gasteiger partial charge in [-0.25, -0.2) is 4.98 Å². The van der Waals surface area contributed by atoms with Crippen LogP contribution in [-0.4, -0.2) is 93.1 Å². The van der Waals surface area contributed by atoms with Crippen LogP contribution in [-0.2, 0) is 28.5 Å². The lowest BCUT2D eigenvalue weighted by Gasteiger charge is -2.36. The molecule has 2 aromatic carbocycles. The van der Waals surface area contributed by atoms with E-state index in [9.17, 15) is 14.4 Å². The number of methoxy groups -OCH3 is 2. The molecule has 0 fully saturated rings. The second-order valence-corrected chi connectivity index (χ2v) is 16.6. The average Bonchev–Trinajstić information content (AvgIpc) is 3.48. The SMILES string of the molecule is COCCN(C)C.CO[C@H]1/C=C/O[C@@]2(C)Oc3c(C)c4c5c(=O)c(c6oc7ccccc7nc-6c5c3C2=O)NC(=O)/C(C)=C\C=C\C(C)C[C@@H](C)CC(O4)C(OC(C)=O)[C@@H]1C. The monoisotopic (exact) mass is 839 g/mol. The largest absolute Gasteiger partial charge is 0.485 e. The Balaban J connectivity index is 0.000000819. The van der Waals surface area contributed by atoms with Crippen molar-refractivity contribution >= 4 is 45.2 Å². The number of carbonyl (C=O) groups is 3. The van der Waals surface area contributed by atoms with Crippen molar-refractivity contribution in [3.63, 3.8) is 0 Å². The van der Waals surface area contributed by atoms with Crippen LogP contribution in [0, 0.1) is 24.7 Å². The third kappa shape index (κ3) is 9.21. The Hall–Kier alpha value is -5.57. The summed E-state index contributed by atoms with van der Waals surface area (Å²) in [6, 6.07) is 7.00. The van der Waals surface area contributed by atoms with Gasteiger partial charge in [0.1, 0.15) is 40.6 Å². The van der Waals surface area contributed by atoms with Crippen LogP contribution in [0.4, 0.5) is 5.69 Å². The molecule has 14 heteroatoms. The third-order valence-electron chi connectivity index (χ3n) is 11.4. The first kappa shape index (κ1) is 45.0. The Kier molecular flexibility index (Phi) is 13.7. The van der Waals surface area contributed by atoms with Gasteiger partial charge < -0.3 is 43.1 Å². The number of amides is 1. The van der Waals surface area contributed by atoms with Crippen LogP contribution in [0.5, 0.6) is 11.5 Å². The number of benzene rings is 3. The summed E-state index contributed by atoms with van der Waals surface area (Å²) in [4.78, 5) is 63.4. The maximum atomic E-state index is 15.2. The van der Waals surface area contributed by atoms with E-state index in [1.807, 2.05) is 33.2 Å². The number of para-hydroxylation sites is 2. The Morgan fingerprint density at radius 1 is 1.02 bits per heavy atom. The first-order chi connectivity index (χ1) is 29.0. The molecule has 0 radical (unpaired) electrons. The summed E-state index contributed by atoms with van der Waals surface area (Å²) in [5.41, 5.74) is 0.852. The van der Waals surface area contributed by atoms with Gasteiger partial charge in [-0.3, -0.25) is 19.2 Å². The standard InChI is InChI=1S/C42H44N2O10.C5H13NO/c1-20-12-11-13-22(3)41(48)44-34-35(46)31-30(33-39(34)52-28-15-10-9-14-26(28)43-33)32-38-24(5)37(31)53-29(19-21(2)18-20)36(51-25(6)45)23(4)27(49-8)16-17-50-42(7,54-38)40(32)47;1-6(2)4-5-7-3/h9-17,20-21,23,27,29,36H,18-19H2,1-8H3,(H,44,48);4-5H2,1-3H3/b12-11+,17-16+,22-13-;/t20?,21-,23-,27+,29?,36?,42+;/m1./s1. The first-order valence-corrected chi connectivity index (χ1v) is 20.6. The number of ether oxygens (including phenoxy) is 6. The molecule has 61 heavy (non-hydrogen) atoms. The highest BCUT2D eigenvalue weighted by molar-refractivity contribution is 6.22. The fraction of sp³-hybridized carbons (Fsp3) is 0.468. The number of hydrogen-bond acceptors (Lipinski definition) is 13. The van der Waals surface area contributed by atoms with E-state index in [0.717, 1.165) is 19.6 Å². The van der Waals surface area contributed by atoms with Crippen LogP contribution in [0.1, 0.15) is 70.3 Å². The number of esters is 1. The van der Waals surface area contributed by atoms with Crippen LogP contribution in [0.25, 0.3) is 33.3 Å². The molecule has 5 aliphatic rings. The number of fused-ring (bicyclic) bond motifs is 8. The second-order valence-electron chi connectivity index (χ2n) is 16.6. The van der Waals surface area contributed by atoms with E-state index in [2.05, 4.69) is 24.1 Å². The van der Waals surface area contributed by atoms with Gasteiger partial charge in [0.2, 0.25) is 5.43 Å². The number of aromatic nitrogens is 1. The van der Waals surface area contributed by atoms with Crippen LogP contribution in [0.3, 0.4) is 0 Å². The Bertz CT molecular complexity index is 2430. The van der Waals surface area contributed by atoms with Crippen LogP contribution < -0.4 is 20.2 Å². The van der Waals surface area contributed by atoms with Crippen molar-refractivity contribution < 1.29 is 47.2 Å². The quantitative estimate of drug-likeness (QED) is 0.119. The number of Topliss-reactive ketones (excluding diaryl/α,β-unsaturated/α-hetero) is 1. The van der Waals surface area contributed by atoms with E-state index in [1.54, 1.807) is 57.4 Å². The number of allylic oxidation sites excluding steroid dienone is 3. The zero-order chi connectivity index (χ0) is 44.3. The molecule has 4 heterocycles. The maximum absolute atomic E-state index is 15.2. The minimum atomic E-state index is -1.86. The summed E-state index contributed by atoms with van der Waals surface area (Å²) < 4.78 is 42.7. The number of nitrogens with one attached hydrogen (secondary N) is 1. The highest BCUT2D eigenvalue weighted by Crippen LogP contribution is 2.51. The molecule has 4 aliphatic heterocycles.